The fourth-order valence-corrected chi connectivity index (χ4v) is 3.46. The van der Waals surface area contributed by atoms with E-state index in [0.29, 0.717) is 16.2 Å². The molecule has 0 amide bonds. The molecule has 1 atom stereocenters. The molecule has 0 fully saturated rings. The third kappa shape index (κ3) is 4.05. The minimum absolute atomic E-state index is 0.577. The number of hydrogen-bond acceptors (Lipinski definition) is 4. The van der Waals surface area contributed by atoms with Crippen molar-refractivity contribution in [2.45, 2.75) is 25.5 Å². The summed E-state index contributed by atoms with van der Waals surface area (Å²) in [6.45, 7) is 5.37. The predicted octanol–water partition coefficient (Wildman–Crippen LogP) is 4.28. The molecule has 1 aromatic rings. The summed E-state index contributed by atoms with van der Waals surface area (Å²) in [5.41, 5.74) is 0.867. The monoisotopic (exact) mass is 298 g/mol. The van der Waals surface area contributed by atoms with Gasteiger partial charge in [0.15, 0.2) is 5.17 Å². The fourth-order valence-electron chi connectivity index (χ4n) is 2.03. The van der Waals surface area contributed by atoms with Gasteiger partial charge in [0, 0.05) is 10.3 Å². The van der Waals surface area contributed by atoms with Gasteiger partial charge in [-0.3, -0.25) is 4.99 Å². The summed E-state index contributed by atoms with van der Waals surface area (Å²) < 4.78 is 5.32. The highest BCUT2D eigenvalue weighted by molar-refractivity contribution is 8.15. The van der Waals surface area contributed by atoms with Crippen molar-refractivity contribution in [1.29, 1.82) is 0 Å². The summed E-state index contributed by atoms with van der Waals surface area (Å²) in [7, 11) is 1.65. The van der Waals surface area contributed by atoms with E-state index in [9.17, 15) is 0 Å². The van der Waals surface area contributed by atoms with Crippen molar-refractivity contribution in [3.8, 4) is 5.75 Å². The lowest BCUT2D eigenvalue weighted by atomic mass is 10.1. The Morgan fingerprint density at radius 3 is 3.00 bits per heavy atom. The first-order chi connectivity index (χ1) is 9.08. The smallest absolute Gasteiger partial charge is 0.161 e. The van der Waals surface area contributed by atoms with Gasteiger partial charge in [-0.1, -0.05) is 37.2 Å². The molecule has 0 spiro atoms. The highest BCUT2D eigenvalue weighted by Crippen LogP contribution is 2.32. The Bertz CT molecular complexity index is 477. The van der Waals surface area contributed by atoms with Gasteiger partial charge in [0.1, 0.15) is 5.75 Å². The first-order valence-corrected chi connectivity index (χ1v) is 7.66. The molecule has 1 N–H and O–H groups in total. The highest BCUT2D eigenvalue weighted by atomic mass is 35.5. The lowest BCUT2D eigenvalue weighted by Crippen LogP contribution is -2.10. The van der Waals surface area contributed by atoms with E-state index in [4.69, 9.17) is 16.3 Å². The fraction of sp³-hybridized carbons (Fsp3) is 0.500. The van der Waals surface area contributed by atoms with Crippen LogP contribution in [0.15, 0.2) is 23.2 Å². The second kappa shape index (κ2) is 6.53. The van der Waals surface area contributed by atoms with Crippen molar-refractivity contribution >= 4 is 34.2 Å². The van der Waals surface area contributed by atoms with Crippen LogP contribution in [0.4, 0.5) is 5.69 Å². The number of methoxy groups -OCH3 is 1. The van der Waals surface area contributed by atoms with Crippen LogP contribution < -0.4 is 10.1 Å². The molecule has 1 aliphatic rings. The number of nitrogens with one attached hydrogen (secondary N) is 1. The first-order valence-electron chi connectivity index (χ1n) is 6.40. The summed E-state index contributed by atoms with van der Waals surface area (Å²) in [6.07, 6.45) is 1.19. The third-order valence-electron chi connectivity index (χ3n) is 2.85. The molecule has 0 saturated heterocycles. The van der Waals surface area contributed by atoms with Crippen LogP contribution >= 0.6 is 23.4 Å². The van der Waals surface area contributed by atoms with Crippen molar-refractivity contribution in [2.24, 2.45) is 10.9 Å². The van der Waals surface area contributed by atoms with Gasteiger partial charge in [0.25, 0.3) is 0 Å². The van der Waals surface area contributed by atoms with E-state index >= 15 is 0 Å². The Morgan fingerprint density at radius 2 is 2.32 bits per heavy atom. The molecule has 1 heterocycles. The number of amidine groups is 1. The van der Waals surface area contributed by atoms with E-state index in [1.165, 1.54) is 6.42 Å². The van der Waals surface area contributed by atoms with Gasteiger partial charge in [-0.2, -0.15) is 0 Å². The number of ether oxygens (including phenoxy) is 1. The Hall–Kier alpha value is -0.870. The Morgan fingerprint density at radius 1 is 1.53 bits per heavy atom. The maximum Gasteiger partial charge on any atom is 0.161 e. The van der Waals surface area contributed by atoms with Crippen LogP contribution in [0.25, 0.3) is 0 Å². The van der Waals surface area contributed by atoms with Crippen molar-refractivity contribution in [1.82, 2.24) is 0 Å². The quantitative estimate of drug-likeness (QED) is 0.901. The SMILES string of the molecule is COc1ccc(Cl)cc1NC1=NCC(CC(C)C)S1. The zero-order valence-corrected chi connectivity index (χ0v) is 13.0. The maximum absolute atomic E-state index is 6.01. The topological polar surface area (TPSA) is 33.6 Å². The van der Waals surface area contributed by atoms with Gasteiger partial charge in [0.05, 0.1) is 19.3 Å². The number of rotatable bonds is 4. The standard InChI is InChI=1S/C14H19ClN2OS/c1-9(2)6-11-8-16-14(19-11)17-12-7-10(15)4-5-13(12)18-3/h4-5,7,9,11H,6,8H2,1-3H3,(H,16,17). The van der Waals surface area contributed by atoms with Crippen LogP contribution in [-0.2, 0) is 0 Å². The van der Waals surface area contributed by atoms with E-state index in [1.54, 1.807) is 18.9 Å². The second-order valence-electron chi connectivity index (χ2n) is 4.98. The van der Waals surface area contributed by atoms with E-state index in [1.807, 2.05) is 18.2 Å². The van der Waals surface area contributed by atoms with Crippen LogP contribution in [0.2, 0.25) is 5.02 Å². The van der Waals surface area contributed by atoms with Crippen LogP contribution in [0.3, 0.4) is 0 Å². The van der Waals surface area contributed by atoms with E-state index < -0.39 is 0 Å². The second-order valence-corrected chi connectivity index (χ2v) is 6.71. The lowest BCUT2D eigenvalue weighted by Gasteiger charge is -2.13. The molecule has 0 radical (unpaired) electrons. The number of aliphatic imine (C=N–C) groups is 1. The van der Waals surface area contributed by atoms with Gasteiger partial charge in [0.2, 0.25) is 0 Å². The first kappa shape index (κ1) is 14.5. The molecular formula is C14H19ClN2OS. The van der Waals surface area contributed by atoms with E-state index in [-0.39, 0.29) is 0 Å². The zero-order chi connectivity index (χ0) is 13.8. The van der Waals surface area contributed by atoms with Crippen molar-refractivity contribution in [3.63, 3.8) is 0 Å². The molecule has 0 bridgehead atoms. The Balaban J connectivity index is 2.01. The molecule has 0 saturated carbocycles. The van der Waals surface area contributed by atoms with Crippen LogP contribution in [0, 0.1) is 5.92 Å². The molecule has 19 heavy (non-hydrogen) atoms. The molecule has 2 rings (SSSR count). The molecule has 0 aromatic heterocycles. The van der Waals surface area contributed by atoms with Gasteiger partial charge in [-0.15, -0.1) is 0 Å². The number of anilines is 1. The number of hydrogen-bond donors (Lipinski definition) is 1. The molecule has 5 heteroatoms. The number of nitrogens with zero attached hydrogens (tertiary/aromatic N) is 1. The van der Waals surface area contributed by atoms with Gasteiger partial charge in [-0.25, -0.2) is 0 Å². The third-order valence-corrected chi connectivity index (χ3v) is 4.22. The van der Waals surface area contributed by atoms with Gasteiger partial charge >= 0.3 is 0 Å². The molecule has 3 nitrogen and oxygen atoms in total. The number of thioether (sulfide) groups is 1. The highest BCUT2D eigenvalue weighted by Gasteiger charge is 2.21. The summed E-state index contributed by atoms with van der Waals surface area (Å²) in [6, 6.07) is 5.53. The summed E-state index contributed by atoms with van der Waals surface area (Å²) in [4.78, 5) is 4.54. The average Bonchev–Trinajstić information content (AvgIpc) is 2.76. The van der Waals surface area contributed by atoms with Crippen molar-refractivity contribution < 1.29 is 4.74 Å². The van der Waals surface area contributed by atoms with E-state index in [0.717, 1.165) is 23.1 Å². The number of benzene rings is 1. The molecule has 104 valence electrons. The van der Waals surface area contributed by atoms with E-state index in [2.05, 4.69) is 24.2 Å². The molecule has 1 aromatic carbocycles. The predicted molar refractivity (Wildman–Crippen MR) is 84.8 cm³/mol. The minimum Gasteiger partial charge on any atom is -0.495 e. The summed E-state index contributed by atoms with van der Waals surface area (Å²) in [5, 5.41) is 5.52. The normalized spacial score (nSPS) is 18.6. The number of halogens is 1. The van der Waals surface area contributed by atoms with Gasteiger partial charge < -0.3 is 10.1 Å². The Labute approximate surface area is 123 Å². The lowest BCUT2D eigenvalue weighted by molar-refractivity contribution is 0.417. The molecule has 1 unspecified atom stereocenters. The zero-order valence-electron chi connectivity index (χ0n) is 11.4. The molecule has 1 aliphatic heterocycles. The minimum atomic E-state index is 0.577. The van der Waals surface area contributed by atoms with Gasteiger partial charge in [-0.05, 0) is 30.5 Å². The Kier molecular flexibility index (Phi) is 4.99. The van der Waals surface area contributed by atoms with Crippen LogP contribution in [0.5, 0.6) is 5.75 Å². The van der Waals surface area contributed by atoms with Crippen LogP contribution in [-0.4, -0.2) is 24.1 Å². The van der Waals surface area contributed by atoms with Crippen molar-refractivity contribution in [3.05, 3.63) is 23.2 Å². The van der Waals surface area contributed by atoms with Crippen LogP contribution in [0.1, 0.15) is 20.3 Å². The molecule has 0 aliphatic carbocycles. The largest absolute Gasteiger partial charge is 0.495 e. The summed E-state index contributed by atoms with van der Waals surface area (Å²) >= 11 is 7.81. The summed E-state index contributed by atoms with van der Waals surface area (Å²) in [5.74, 6) is 1.48. The van der Waals surface area contributed by atoms with Crippen molar-refractivity contribution in [2.75, 3.05) is 19.0 Å². The molecular weight excluding hydrogens is 280 g/mol. The maximum atomic E-state index is 6.01. The average molecular weight is 299 g/mol.